The molecule has 0 aromatic heterocycles. The highest BCUT2D eigenvalue weighted by Gasteiger charge is 2.44. The molecule has 0 saturated carbocycles. The van der Waals surface area contributed by atoms with Crippen molar-refractivity contribution in [1.82, 2.24) is 10.2 Å². The van der Waals surface area contributed by atoms with Crippen molar-refractivity contribution in [2.75, 3.05) is 32.8 Å². The number of nitrogens with one attached hydrogen (secondary N) is 1. The monoisotopic (exact) mass is 358 g/mol. The zero-order valence-corrected chi connectivity index (χ0v) is 14.8. The van der Waals surface area contributed by atoms with Crippen molar-refractivity contribution in [3.63, 3.8) is 0 Å². The molecule has 0 bridgehead atoms. The first-order chi connectivity index (χ1) is 12.7. The van der Waals surface area contributed by atoms with Crippen molar-refractivity contribution < 1.29 is 13.5 Å². The molecular formula is C21H24F2N2O. The quantitative estimate of drug-likeness (QED) is 0.888. The summed E-state index contributed by atoms with van der Waals surface area (Å²) in [6.07, 6.45) is 2.06. The van der Waals surface area contributed by atoms with Gasteiger partial charge in [-0.15, -0.1) is 0 Å². The second kappa shape index (κ2) is 7.43. The van der Waals surface area contributed by atoms with Crippen molar-refractivity contribution in [2.24, 2.45) is 0 Å². The van der Waals surface area contributed by atoms with Crippen LogP contribution in [0, 0.1) is 11.6 Å². The highest BCUT2D eigenvalue weighted by Crippen LogP contribution is 2.42. The minimum Gasteiger partial charge on any atom is -0.374 e. The maximum atomic E-state index is 13.4. The van der Waals surface area contributed by atoms with Crippen LogP contribution >= 0.6 is 0 Å². The maximum Gasteiger partial charge on any atom is 0.126 e. The topological polar surface area (TPSA) is 24.5 Å². The fraction of sp³-hybridized carbons (Fsp3) is 0.429. The molecule has 3 nitrogen and oxygen atoms in total. The van der Waals surface area contributed by atoms with Crippen molar-refractivity contribution >= 4 is 0 Å². The van der Waals surface area contributed by atoms with Gasteiger partial charge in [0.1, 0.15) is 11.6 Å². The van der Waals surface area contributed by atoms with Crippen LogP contribution in [0.5, 0.6) is 0 Å². The van der Waals surface area contributed by atoms with Gasteiger partial charge in [-0.25, -0.2) is 8.78 Å². The van der Waals surface area contributed by atoms with Crippen LogP contribution in [0.4, 0.5) is 8.78 Å². The van der Waals surface area contributed by atoms with Gasteiger partial charge in [-0.2, -0.15) is 0 Å². The summed E-state index contributed by atoms with van der Waals surface area (Å²) in [5.74, 6) is -1.13. The molecule has 2 aromatic rings. The number of aryl methyl sites for hydroxylation is 1. The summed E-state index contributed by atoms with van der Waals surface area (Å²) in [4.78, 5) is 2.52. The Balaban J connectivity index is 1.54. The number of fused-ring (bicyclic) bond motifs is 1. The van der Waals surface area contributed by atoms with Crippen LogP contribution in [0.2, 0.25) is 0 Å². The standard InChI is InChI=1S/C21H24F2N2O/c22-18-11-16(12-19(23)13-18)14-26-15-21(25-9-7-24-8-10-25)6-5-17-3-1-2-4-20(17)21/h1-4,11-13,24H,5-10,14-15H2/t21-/m0/s1. The van der Waals surface area contributed by atoms with E-state index in [1.807, 2.05) is 0 Å². The Hall–Kier alpha value is -1.82. The van der Waals surface area contributed by atoms with E-state index in [-0.39, 0.29) is 12.1 Å². The van der Waals surface area contributed by atoms with Gasteiger partial charge in [0.25, 0.3) is 0 Å². The number of piperazine rings is 1. The molecule has 1 aliphatic heterocycles. The number of benzene rings is 2. The van der Waals surface area contributed by atoms with Gasteiger partial charge in [-0.05, 0) is 41.7 Å². The Kier molecular flexibility index (Phi) is 5.02. The molecule has 26 heavy (non-hydrogen) atoms. The van der Waals surface area contributed by atoms with E-state index in [2.05, 4.69) is 34.5 Å². The predicted molar refractivity (Wildman–Crippen MR) is 96.9 cm³/mol. The minimum absolute atomic E-state index is 0.148. The molecule has 0 amide bonds. The van der Waals surface area contributed by atoms with Gasteiger partial charge < -0.3 is 10.1 Å². The van der Waals surface area contributed by atoms with Gasteiger partial charge in [0.2, 0.25) is 0 Å². The lowest BCUT2D eigenvalue weighted by molar-refractivity contribution is -0.0241. The van der Waals surface area contributed by atoms with Crippen LogP contribution < -0.4 is 5.32 Å². The number of hydrogen-bond donors (Lipinski definition) is 1. The van der Waals surface area contributed by atoms with E-state index in [0.717, 1.165) is 45.1 Å². The molecule has 1 heterocycles. The Bertz CT molecular complexity index is 756. The van der Waals surface area contributed by atoms with Gasteiger partial charge in [-0.1, -0.05) is 24.3 Å². The van der Waals surface area contributed by atoms with Crippen LogP contribution in [0.1, 0.15) is 23.1 Å². The molecule has 0 spiro atoms. The van der Waals surface area contributed by atoms with E-state index >= 15 is 0 Å². The molecule has 4 rings (SSSR count). The molecule has 0 unspecified atom stereocenters. The SMILES string of the molecule is Fc1cc(F)cc(COC[C@@]2(N3CCNCC3)CCc3ccccc32)c1. The minimum atomic E-state index is -0.563. The smallest absolute Gasteiger partial charge is 0.126 e. The summed E-state index contributed by atoms with van der Waals surface area (Å²) in [7, 11) is 0. The van der Waals surface area contributed by atoms with Gasteiger partial charge in [-0.3, -0.25) is 4.90 Å². The van der Waals surface area contributed by atoms with E-state index in [0.29, 0.717) is 12.2 Å². The van der Waals surface area contributed by atoms with E-state index < -0.39 is 11.6 Å². The van der Waals surface area contributed by atoms with E-state index in [9.17, 15) is 8.78 Å². The first-order valence-corrected chi connectivity index (χ1v) is 9.24. The average molecular weight is 358 g/mol. The normalized spacial score (nSPS) is 23.2. The van der Waals surface area contributed by atoms with Crippen LogP contribution in [0.15, 0.2) is 42.5 Å². The summed E-state index contributed by atoms with van der Waals surface area (Å²) in [6.45, 7) is 4.64. The van der Waals surface area contributed by atoms with Crippen molar-refractivity contribution in [2.45, 2.75) is 25.0 Å². The highest BCUT2D eigenvalue weighted by molar-refractivity contribution is 5.39. The molecule has 2 aliphatic rings. The Morgan fingerprint density at radius 3 is 2.54 bits per heavy atom. The largest absolute Gasteiger partial charge is 0.374 e. The molecule has 1 N–H and O–H groups in total. The Morgan fingerprint density at radius 2 is 1.77 bits per heavy atom. The first-order valence-electron chi connectivity index (χ1n) is 9.24. The van der Waals surface area contributed by atoms with E-state index in [1.165, 1.54) is 23.3 Å². The number of hydrogen-bond acceptors (Lipinski definition) is 3. The lowest BCUT2D eigenvalue weighted by Gasteiger charge is -2.44. The van der Waals surface area contributed by atoms with Crippen molar-refractivity contribution in [3.05, 3.63) is 70.8 Å². The number of rotatable bonds is 5. The molecule has 1 saturated heterocycles. The molecular weight excluding hydrogens is 334 g/mol. The molecule has 0 radical (unpaired) electrons. The van der Waals surface area contributed by atoms with Crippen LogP contribution in [-0.2, 0) is 23.3 Å². The first kappa shape index (κ1) is 17.6. The molecule has 1 atom stereocenters. The second-order valence-corrected chi connectivity index (χ2v) is 7.20. The zero-order valence-electron chi connectivity index (χ0n) is 14.8. The predicted octanol–water partition coefficient (Wildman–Crippen LogP) is 3.23. The zero-order chi connectivity index (χ0) is 18.0. The molecule has 1 aliphatic carbocycles. The Morgan fingerprint density at radius 1 is 1.04 bits per heavy atom. The summed E-state index contributed by atoms with van der Waals surface area (Å²) in [5.41, 5.74) is 3.10. The third-order valence-corrected chi connectivity index (χ3v) is 5.58. The summed E-state index contributed by atoms with van der Waals surface area (Å²) in [5, 5.41) is 3.41. The number of ether oxygens (including phenoxy) is 1. The average Bonchev–Trinajstić information content (AvgIpc) is 3.02. The summed E-state index contributed by atoms with van der Waals surface area (Å²) in [6, 6.07) is 12.1. The van der Waals surface area contributed by atoms with Gasteiger partial charge in [0, 0.05) is 32.2 Å². The highest BCUT2D eigenvalue weighted by atomic mass is 19.1. The molecule has 5 heteroatoms. The van der Waals surface area contributed by atoms with Crippen LogP contribution in [-0.4, -0.2) is 37.7 Å². The number of halogens is 2. The fourth-order valence-corrected chi connectivity index (χ4v) is 4.36. The molecule has 138 valence electrons. The lowest BCUT2D eigenvalue weighted by Crippen LogP contribution is -2.55. The molecule has 2 aromatic carbocycles. The second-order valence-electron chi connectivity index (χ2n) is 7.20. The van der Waals surface area contributed by atoms with Crippen molar-refractivity contribution in [1.29, 1.82) is 0 Å². The van der Waals surface area contributed by atoms with Crippen molar-refractivity contribution in [3.8, 4) is 0 Å². The van der Waals surface area contributed by atoms with Crippen LogP contribution in [0.25, 0.3) is 0 Å². The Labute approximate surface area is 153 Å². The summed E-state index contributed by atoms with van der Waals surface area (Å²) >= 11 is 0. The van der Waals surface area contributed by atoms with E-state index in [1.54, 1.807) is 0 Å². The number of nitrogens with zero attached hydrogens (tertiary/aromatic N) is 1. The maximum absolute atomic E-state index is 13.4. The van der Waals surface area contributed by atoms with E-state index in [4.69, 9.17) is 4.74 Å². The summed E-state index contributed by atoms with van der Waals surface area (Å²) < 4.78 is 32.8. The van der Waals surface area contributed by atoms with Gasteiger partial charge in [0.15, 0.2) is 0 Å². The van der Waals surface area contributed by atoms with Crippen LogP contribution in [0.3, 0.4) is 0 Å². The molecule has 1 fully saturated rings. The fourth-order valence-electron chi connectivity index (χ4n) is 4.36. The third-order valence-electron chi connectivity index (χ3n) is 5.58. The third kappa shape index (κ3) is 3.39. The lowest BCUT2D eigenvalue weighted by atomic mass is 9.89. The van der Waals surface area contributed by atoms with Gasteiger partial charge in [0.05, 0.1) is 18.8 Å². The van der Waals surface area contributed by atoms with Gasteiger partial charge >= 0.3 is 0 Å².